The van der Waals surface area contributed by atoms with Crippen molar-refractivity contribution in [2.24, 2.45) is 0 Å². The number of hydrogen-bond donors (Lipinski definition) is 0. The predicted octanol–water partition coefficient (Wildman–Crippen LogP) is 2.74. The Morgan fingerprint density at radius 3 is 2.27 bits per heavy atom. The molecule has 1 rings (SSSR count). The van der Waals surface area contributed by atoms with Crippen molar-refractivity contribution in [2.75, 3.05) is 0 Å². The highest BCUT2D eigenvalue weighted by Crippen LogP contribution is 2.09. The summed E-state index contributed by atoms with van der Waals surface area (Å²) in [6.45, 7) is 13.4. The maximum absolute atomic E-state index is 3.84. The average molecular weight is 311 g/mol. The highest BCUT2D eigenvalue weighted by Gasteiger charge is 2.06. The van der Waals surface area contributed by atoms with Gasteiger partial charge in [-0.2, -0.15) is 0 Å². The van der Waals surface area contributed by atoms with E-state index in [9.17, 15) is 0 Å². The molecule has 0 aliphatic carbocycles. The van der Waals surface area contributed by atoms with Crippen molar-refractivity contribution in [1.29, 1.82) is 0 Å². The van der Waals surface area contributed by atoms with Crippen LogP contribution in [0.25, 0.3) is 24.3 Å². The first kappa shape index (κ1) is 12.0. The van der Waals surface area contributed by atoms with Crippen LogP contribution in [0.15, 0.2) is 25.8 Å². The first-order valence-corrected chi connectivity index (χ1v) is 5.62. The third kappa shape index (κ3) is 2.00. The molecule has 0 saturated carbocycles. The minimum atomic E-state index is 1.08. The molecule has 0 amide bonds. The van der Waals surface area contributed by atoms with E-state index in [-0.39, 0.29) is 0 Å². The first-order valence-electron chi connectivity index (χ1n) is 4.66. The predicted molar refractivity (Wildman–Crippen MR) is 78.1 cm³/mol. The maximum Gasteiger partial charge on any atom is 0.0646 e. The average Bonchev–Trinajstić information content (AvgIpc) is 2.51. The molecule has 78 valence electrons. The van der Waals surface area contributed by atoms with E-state index in [0.29, 0.717) is 0 Å². The van der Waals surface area contributed by atoms with Gasteiger partial charge in [0.15, 0.2) is 0 Å². The number of rotatable bonds is 3. The summed E-state index contributed by atoms with van der Waals surface area (Å²) in [5.41, 5.74) is 2.20. The number of allylic oxidation sites excluding steroid dienone is 1. The second-order valence-electron chi connectivity index (χ2n) is 2.98. The number of hydrogen-bond acceptors (Lipinski definition) is 0. The highest BCUT2D eigenvalue weighted by molar-refractivity contribution is 14.1. The molecule has 0 spiro atoms. The van der Waals surface area contributed by atoms with Crippen LogP contribution in [0.1, 0.15) is 18.2 Å². The summed E-state index contributed by atoms with van der Waals surface area (Å²) in [5.74, 6) is 0. The number of halogens is 1. The molecule has 0 unspecified atom stereocenters. The lowest BCUT2D eigenvalue weighted by Crippen LogP contribution is -2.26. The quantitative estimate of drug-likeness (QED) is 0.757. The Hall–Kier alpha value is -1.03. The molecule has 0 N–H and O–H groups in total. The monoisotopic (exact) mass is 311 g/mol. The van der Waals surface area contributed by atoms with E-state index in [2.05, 4.69) is 51.5 Å². The van der Waals surface area contributed by atoms with E-state index >= 15 is 0 Å². The molecule has 0 aliphatic rings. The summed E-state index contributed by atoms with van der Waals surface area (Å²) in [6, 6.07) is 0. The van der Waals surface area contributed by atoms with E-state index in [1.807, 2.05) is 25.2 Å². The molecule has 0 radical (unpaired) electrons. The minimum Gasteiger partial charge on any atom is -0.282 e. The molecule has 0 aromatic carbocycles. The van der Waals surface area contributed by atoms with Crippen LogP contribution in [-0.4, -0.2) is 2.78 Å². The van der Waals surface area contributed by atoms with Gasteiger partial charge in [-0.1, -0.05) is 38.0 Å². The maximum atomic E-state index is 3.84. The second-order valence-corrected chi connectivity index (χ2v) is 3.94. The van der Waals surface area contributed by atoms with E-state index in [1.165, 1.54) is 5.22 Å². The van der Waals surface area contributed by atoms with Crippen molar-refractivity contribution in [3.05, 3.63) is 47.6 Å². The fourth-order valence-corrected chi connectivity index (χ4v) is 2.47. The summed E-state index contributed by atoms with van der Waals surface area (Å²) in [7, 11) is 0. The van der Waals surface area contributed by atoms with Gasteiger partial charge in [-0.05, 0) is 19.1 Å². The van der Waals surface area contributed by atoms with Crippen LogP contribution in [0.3, 0.4) is 0 Å². The number of nitrogens with zero attached hydrogens (tertiary/aromatic N) is 1. The van der Waals surface area contributed by atoms with Gasteiger partial charge in [-0.3, -0.25) is 2.78 Å². The van der Waals surface area contributed by atoms with E-state index < -0.39 is 0 Å². The third-order valence-electron chi connectivity index (χ3n) is 2.23. The Morgan fingerprint density at radius 1 is 1.20 bits per heavy atom. The van der Waals surface area contributed by atoms with Gasteiger partial charge in [0.1, 0.15) is 0 Å². The fraction of sp³-hybridized carbons (Fsp3) is 0.0769. The zero-order chi connectivity index (χ0) is 11.4. The van der Waals surface area contributed by atoms with Crippen LogP contribution in [0.4, 0.5) is 0 Å². The van der Waals surface area contributed by atoms with Gasteiger partial charge in [-0.25, -0.2) is 0 Å². The molecule has 1 heterocycles. The van der Waals surface area contributed by atoms with Crippen molar-refractivity contribution in [3.8, 4) is 0 Å². The molecule has 0 aliphatic heterocycles. The molecule has 2 heteroatoms. The first-order chi connectivity index (χ1) is 7.21. The van der Waals surface area contributed by atoms with Gasteiger partial charge in [0.05, 0.1) is 33.9 Å². The highest BCUT2D eigenvalue weighted by atomic mass is 127. The molecule has 15 heavy (non-hydrogen) atoms. The summed E-state index contributed by atoms with van der Waals surface area (Å²) >= 11 is 2.26. The lowest BCUT2D eigenvalue weighted by molar-refractivity contribution is 1.25. The third-order valence-corrected chi connectivity index (χ3v) is 3.27. The molecular formula is C13H14IN. The van der Waals surface area contributed by atoms with Gasteiger partial charge in [0.2, 0.25) is 0 Å². The Kier molecular flexibility index (Phi) is 4.15. The van der Waals surface area contributed by atoms with Crippen molar-refractivity contribution in [2.45, 2.75) is 6.92 Å². The van der Waals surface area contributed by atoms with E-state index in [1.54, 1.807) is 6.08 Å². The van der Waals surface area contributed by atoms with Crippen LogP contribution < -0.4 is 10.6 Å². The van der Waals surface area contributed by atoms with Crippen molar-refractivity contribution >= 4 is 47.2 Å². The standard InChI is InChI=1S/C13H14IN/c1-5-9-13-11(7-3)10(6-2)12(8-4)15(13)14/h5-9H,1-2,4H2,3H3/b11-7-,13-9+. The smallest absolute Gasteiger partial charge is 0.0646 e. The SMILES string of the molecule is C=C/C=c1\c(=C/C)c(C=C)c(C=C)n1I. The molecule has 1 aromatic rings. The topological polar surface area (TPSA) is 4.93 Å². The Morgan fingerprint density at radius 2 is 1.87 bits per heavy atom. The van der Waals surface area contributed by atoms with Crippen molar-refractivity contribution < 1.29 is 0 Å². The summed E-state index contributed by atoms with van der Waals surface area (Å²) in [4.78, 5) is 0. The van der Waals surface area contributed by atoms with Crippen LogP contribution in [0.5, 0.6) is 0 Å². The zero-order valence-electron chi connectivity index (χ0n) is 8.83. The van der Waals surface area contributed by atoms with Crippen LogP contribution >= 0.6 is 22.9 Å². The fourth-order valence-electron chi connectivity index (χ4n) is 1.59. The molecule has 0 atom stereocenters. The van der Waals surface area contributed by atoms with Crippen LogP contribution in [0.2, 0.25) is 0 Å². The van der Waals surface area contributed by atoms with Crippen molar-refractivity contribution in [3.63, 3.8) is 0 Å². The minimum absolute atomic E-state index is 1.08. The molecule has 0 saturated heterocycles. The van der Waals surface area contributed by atoms with Gasteiger partial charge in [0.25, 0.3) is 0 Å². The van der Waals surface area contributed by atoms with Gasteiger partial charge in [-0.15, -0.1) is 0 Å². The summed E-state index contributed by atoms with van der Waals surface area (Å²) in [6.07, 6.45) is 9.56. The van der Waals surface area contributed by atoms with Gasteiger partial charge < -0.3 is 0 Å². The number of aromatic nitrogens is 1. The molecular weight excluding hydrogens is 297 g/mol. The van der Waals surface area contributed by atoms with Crippen LogP contribution in [-0.2, 0) is 0 Å². The Bertz CT molecular complexity index is 518. The van der Waals surface area contributed by atoms with Crippen LogP contribution in [0, 0.1) is 0 Å². The van der Waals surface area contributed by atoms with E-state index in [0.717, 1.165) is 16.6 Å². The van der Waals surface area contributed by atoms with E-state index in [4.69, 9.17) is 0 Å². The lowest BCUT2D eigenvalue weighted by atomic mass is 10.2. The lowest BCUT2D eigenvalue weighted by Gasteiger charge is -1.94. The van der Waals surface area contributed by atoms with Gasteiger partial charge in [0, 0.05) is 10.8 Å². The normalized spacial score (nSPS) is 12.9. The Labute approximate surface area is 104 Å². The molecule has 1 nitrogen and oxygen atoms in total. The second kappa shape index (κ2) is 5.16. The largest absolute Gasteiger partial charge is 0.282 e. The molecule has 0 bridgehead atoms. The van der Waals surface area contributed by atoms with Crippen molar-refractivity contribution in [1.82, 2.24) is 2.78 Å². The zero-order valence-corrected chi connectivity index (χ0v) is 11.0. The van der Waals surface area contributed by atoms with Gasteiger partial charge >= 0.3 is 0 Å². The summed E-state index contributed by atoms with van der Waals surface area (Å²) in [5, 5.41) is 2.30. The summed E-state index contributed by atoms with van der Waals surface area (Å²) < 4.78 is 2.07. The molecule has 1 aromatic heterocycles. The molecule has 0 fully saturated rings. The Balaban J connectivity index is 3.92.